The van der Waals surface area contributed by atoms with Gasteiger partial charge in [-0.25, -0.2) is 0 Å². The van der Waals surface area contributed by atoms with Crippen LogP contribution in [0.2, 0.25) is 0 Å². The standard InChI is InChI=1S/C18H27N/c1-18(11-5-2-6-12-18)17(19)16-10-9-14-7-3-4-8-15(14)13-16/h9-10,13,17H,2-8,11-12,19H2,1H3. The first kappa shape index (κ1) is 13.2. The van der Waals surface area contributed by atoms with Crippen LogP contribution in [-0.2, 0) is 12.8 Å². The number of hydrogen-bond donors (Lipinski definition) is 1. The van der Waals surface area contributed by atoms with E-state index in [4.69, 9.17) is 5.73 Å². The Morgan fingerprint density at radius 3 is 2.37 bits per heavy atom. The maximum Gasteiger partial charge on any atom is 0.0349 e. The van der Waals surface area contributed by atoms with Crippen LogP contribution in [0.3, 0.4) is 0 Å². The molecule has 0 heterocycles. The molecular weight excluding hydrogens is 230 g/mol. The Morgan fingerprint density at radius 2 is 1.63 bits per heavy atom. The number of benzene rings is 1. The van der Waals surface area contributed by atoms with Crippen molar-refractivity contribution in [2.24, 2.45) is 11.1 Å². The zero-order valence-electron chi connectivity index (χ0n) is 12.3. The first-order chi connectivity index (χ1) is 9.19. The molecular formula is C18H27N. The molecule has 0 radical (unpaired) electrons. The van der Waals surface area contributed by atoms with E-state index in [1.54, 1.807) is 11.1 Å². The van der Waals surface area contributed by atoms with Crippen LogP contribution in [0, 0.1) is 5.41 Å². The minimum Gasteiger partial charge on any atom is -0.323 e. The average Bonchev–Trinajstić information content (AvgIpc) is 2.47. The molecule has 0 saturated heterocycles. The molecule has 0 aromatic heterocycles. The number of rotatable bonds is 2. The molecule has 0 amide bonds. The van der Waals surface area contributed by atoms with Gasteiger partial charge in [0.2, 0.25) is 0 Å². The van der Waals surface area contributed by atoms with Gasteiger partial charge in [-0.2, -0.15) is 0 Å². The second-order valence-electron chi connectivity index (χ2n) is 6.93. The minimum atomic E-state index is 0.222. The van der Waals surface area contributed by atoms with Crippen LogP contribution in [0.25, 0.3) is 0 Å². The van der Waals surface area contributed by atoms with E-state index in [-0.39, 0.29) is 6.04 Å². The third-order valence-electron chi connectivity index (χ3n) is 5.48. The van der Waals surface area contributed by atoms with Crippen molar-refractivity contribution in [3.05, 3.63) is 34.9 Å². The molecule has 3 rings (SSSR count). The summed E-state index contributed by atoms with van der Waals surface area (Å²) in [6, 6.07) is 7.28. The fraction of sp³-hybridized carbons (Fsp3) is 0.667. The highest BCUT2D eigenvalue weighted by Crippen LogP contribution is 2.44. The van der Waals surface area contributed by atoms with Gasteiger partial charge in [0.05, 0.1) is 0 Å². The summed E-state index contributed by atoms with van der Waals surface area (Å²) in [5.41, 5.74) is 11.5. The van der Waals surface area contributed by atoms with Gasteiger partial charge in [-0.15, -0.1) is 0 Å². The summed E-state index contributed by atoms with van der Waals surface area (Å²) in [6.07, 6.45) is 11.9. The number of fused-ring (bicyclic) bond motifs is 1. The summed E-state index contributed by atoms with van der Waals surface area (Å²) >= 11 is 0. The summed E-state index contributed by atoms with van der Waals surface area (Å²) < 4.78 is 0. The smallest absolute Gasteiger partial charge is 0.0349 e. The van der Waals surface area contributed by atoms with Gasteiger partial charge in [-0.05, 0) is 60.6 Å². The highest BCUT2D eigenvalue weighted by Gasteiger charge is 2.34. The Kier molecular flexibility index (Phi) is 3.66. The van der Waals surface area contributed by atoms with Crippen LogP contribution in [-0.4, -0.2) is 0 Å². The fourth-order valence-electron chi connectivity index (χ4n) is 4.02. The Bertz CT molecular complexity index is 443. The summed E-state index contributed by atoms with van der Waals surface area (Å²) in [7, 11) is 0. The lowest BCUT2D eigenvalue weighted by atomic mass is 9.68. The first-order valence-electron chi connectivity index (χ1n) is 8.06. The van der Waals surface area contributed by atoms with Crippen molar-refractivity contribution in [2.45, 2.75) is 70.8 Å². The summed E-state index contributed by atoms with van der Waals surface area (Å²) in [5, 5.41) is 0. The van der Waals surface area contributed by atoms with Crippen LogP contribution in [0.1, 0.15) is 74.6 Å². The number of nitrogens with two attached hydrogens (primary N) is 1. The van der Waals surface area contributed by atoms with Crippen molar-refractivity contribution in [3.8, 4) is 0 Å². The monoisotopic (exact) mass is 257 g/mol. The lowest BCUT2D eigenvalue weighted by Gasteiger charge is -2.39. The maximum atomic E-state index is 6.64. The molecule has 0 spiro atoms. The van der Waals surface area contributed by atoms with Gasteiger partial charge in [0.25, 0.3) is 0 Å². The van der Waals surface area contributed by atoms with Crippen molar-refractivity contribution >= 4 is 0 Å². The highest BCUT2D eigenvalue weighted by molar-refractivity contribution is 5.35. The van der Waals surface area contributed by atoms with E-state index in [9.17, 15) is 0 Å². The zero-order valence-corrected chi connectivity index (χ0v) is 12.3. The van der Waals surface area contributed by atoms with E-state index in [0.717, 1.165) is 0 Å². The van der Waals surface area contributed by atoms with Crippen molar-refractivity contribution < 1.29 is 0 Å². The van der Waals surface area contributed by atoms with Gasteiger partial charge in [-0.1, -0.05) is 44.4 Å². The molecule has 1 saturated carbocycles. The Hall–Kier alpha value is -0.820. The topological polar surface area (TPSA) is 26.0 Å². The van der Waals surface area contributed by atoms with E-state index in [1.165, 1.54) is 63.4 Å². The summed E-state index contributed by atoms with van der Waals surface area (Å²) in [6.45, 7) is 2.40. The summed E-state index contributed by atoms with van der Waals surface area (Å²) in [4.78, 5) is 0. The molecule has 1 aromatic carbocycles. The molecule has 1 nitrogen and oxygen atoms in total. The lowest BCUT2D eigenvalue weighted by Crippen LogP contribution is -2.34. The predicted octanol–water partition coefficient (Wildman–Crippen LogP) is 4.54. The molecule has 1 unspecified atom stereocenters. The first-order valence-corrected chi connectivity index (χ1v) is 8.06. The van der Waals surface area contributed by atoms with Gasteiger partial charge in [0, 0.05) is 6.04 Å². The lowest BCUT2D eigenvalue weighted by molar-refractivity contribution is 0.170. The minimum absolute atomic E-state index is 0.222. The van der Waals surface area contributed by atoms with E-state index in [2.05, 4.69) is 25.1 Å². The number of hydrogen-bond acceptors (Lipinski definition) is 1. The highest BCUT2D eigenvalue weighted by atomic mass is 14.7. The number of aryl methyl sites for hydroxylation is 2. The van der Waals surface area contributed by atoms with Gasteiger partial charge in [0.1, 0.15) is 0 Å². The average molecular weight is 257 g/mol. The van der Waals surface area contributed by atoms with Crippen LogP contribution in [0.4, 0.5) is 0 Å². The summed E-state index contributed by atoms with van der Waals surface area (Å²) in [5.74, 6) is 0. The van der Waals surface area contributed by atoms with Crippen LogP contribution in [0.5, 0.6) is 0 Å². The molecule has 2 N–H and O–H groups in total. The normalized spacial score (nSPS) is 23.7. The quantitative estimate of drug-likeness (QED) is 0.827. The molecule has 2 aliphatic rings. The van der Waals surface area contributed by atoms with Crippen LogP contribution >= 0.6 is 0 Å². The Labute approximate surface area is 117 Å². The van der Waals surface area contributed by atoms with Crippen molar-refractivity contribution in [2.75, 3.05) is 0 Å². The third kappa shape index (κ3) is 2.58. The maximum absolute atomic E-state index is 6.64. The molecule has 1 aromatic rings. The molecule has 2 aliphatic carbocycles. The van der Waals surface area contributed by atoms with Crippen molar-refractivity contribution in [1.82, 2.24) is 0 Å². The largest absolute Gasteiger partial charge is 0.323 e. The van der Waals surface area contributed by atoms with Crippen LogP contribution < -0.4 is 5.73 Å². The van der Waals surface area contributed by atoms with Gasteiger partial charge < -0.3 is 5.73 Å². The Balaban J connectivity index is 1.84. The third-order valence-corrected chi connectivity index (χ3v) is 5.48. The molecule has 19 heavy (non-hydrogen) atoms. The SMILES string of the molecule is CC1(C(N)c2ccc3c(c2)CCCC3)CCCCC1. The fourth-order valence-corrected chi connectivity index (χ4v) is 4.02. The zero-order chi connectivity index (χ0) is 13.3. The molecule has 1 fully saturated rings. The molecule has 0 aliphatic heterocycles. The van der Waals surface area contributed by atoms with E-state index >= 15 is 0 Å². The van der Waals surface area contributed by atoms with E-state index in [0.29, 0.717) is 5.41 Å². The second-order valence-corrected chi connectivity index (χ2v) is 6.93. The molecule has 0 bridgehead atoms. The Morgan fingerprint density at radius 1 is 0.947 bits per heavy atom. The molecule has 104 valence electrons. The second kappa shape index (κ2) is 5.28. The van der Waals surface area contributed by atoms with Gasteiger partial charge in [-0.3, -0.25) is 0 Å². The van der Waals surface area contributed by atoms with Gasteiger partial charge >= 0.3 is 0 Å². The van der Waals surface area contributed by atoms with E-state index in [1.807, 2.05) is 0 Å². The van der Waals surface area contributed by atoms with Crippen LogP contribution in [0.15, 0.2) is 18.2 Å². The van der Waals surface area contributed by atoms with Crippen molar-refractivity contribution in [1.29, 1.82) is 0 Å². The van der Waals surface area contributed by atoms with E-state index < -0.39 is 0 Å². The van der Waals surface area contributed by atoms with Gasteiger partial charge in [0.15, 0.2) is 0 Å². The molecule has 1 atom stereocenters. The predicted molar refractivity (Wildman–Crippen MR) is 81.2 cm³/mol. The molecule has 1 heteroatoms. The van der Waals surface area contributed by atoms with Crippen molar-refractivity contribution in [3.63, 3.8) is 0 Å².